The van der Waals surface area contributed by atoms with E-state index in [1.54, 1.807) is 31.3 Å². The van der Waals surface area contributed by atoms with Crippen LogP contribution < -0.4 is 4.90 Å². The molecule has 0 bridgehead atoms. The molecule has 1 aromatic carbocycles. The van der Waals surface area contributed by atoms with Crippen LogP contribution in [0.15, 0.2) is 42.6 Å². The molecule has 0 saturated heterocycles. The van der Waals surface area contributed by atoms with Gasteiger partial charge >= 0.3 is 0 Å². The van der Waals surface area contributed by atoms with Gasteiger partial charge in [0.15, 0.2) is 11.0 Å². The van der Waals surface area contributed by atoms with Crippen LogP contribution >= 0.6 is 11.6 Å². The van der Waals surface area contributed by atoms with E-state index < -0.39 is 11.7 Å². The number of anilines is 1. The van der Waals surface area contributed by atoms with E-state index in [0.717, 1.165) is 0 Å². The van der Waals surface area contributed by atoms with Crippen molar-refractivity contribution in [2.24, 2.45) is 0 Å². The zero-order valence-electron chi connectivity index (χ0n) is 9.60. The number of rotatable bonds is 2. The highest BCUT2D eigenvalue weighted by atomic mass is 35.5. The number of nitrogens with zero attached hydrogens (tertiary/aromatic N) is 2. The summed E-state index contributed by atoms with van der Waals surface area (Å²) >= 11 is 5.55. The van der Waals surface area contributed by atoms with E-state index in [1.165, 1.54) is 17.2 Å². The minimum absolute atomic E-state index is 0.0960. The van der Waals surface area contributed by atoms with Crippen molar-refractivity contribution < 1.29 is 9.18 Å². The molecule has 5 heteroatoms. The van der Waals surface area contributed by atoms with Crippen molar-refractivity contribution in [3.8, 4) is 0 Å². The van der Waals surface area contributed by atoms with E-state index >= 15 is 0 Å². The van der Waals surface area contributed by atoms with Crippen LogP contribution in [0.4, 0.5) is 10.1 Å². The number of amides is 1. The van der Waals surface area contributed by atoms with Gasteiger partial charge in [-0.25, -0.2) is 9.37 Å². The first-order chi connectivity index (χ1) is 8.61. The molecule has 1 aromatic heterocycles. The van der Waals surface area contributed by atoms with Crippen molar-refractivity contribution in [3.05, 3.63) is 59.1 Å². The van der Waals surface area contributed by atoms with Crippen molar-refractivity contribution in [1.29, 1.82) is 0 Å². The Balaban J connectivity index is 2.35. The summed E-state index contributed by atoms with van der Waals surface area (Å²) < 4.78 is 13.7. The molecule has 0 atom stereocenters. The van der Waals surface area contributed by atoms with Gasteiger partial charge in [0.1, 0.15) is 0 Å². The van der Waals surface area contributed by atoms with Gasteiger partial charge in [-0.05, 0) is 18.2 Å². The summed E-state index contributed by atoms with van der Waals surface area (Å²) in [6, 6.07) is 10.3. The Kier molecular flexibility index (Phi) is 3.58. The quantitative estimate of drug-likeness (QED) is 0.781. The summed E-state index contributed by atoms with van der Waals surface area (Å²) in [6.45, 7) is 0. The van der Waals surface area contributed by atoms with Crippen LogP contribution in [0.5, 0.6) is 0 Å². The summed E-state index contributed by atoms with van der Waals surface area (Å²) in [5.41, 5.74) is 0.580. The molecule has 0 N–H and O–H groups in total. The Hall–Kier alpha value is -1.94. The van der Waals surface area contributed by atoms with Crippen LogP contribution in [0, 0.1) is 5.82 Å². The number of benzene rings is 1. The predicted molar refractivity (Wildman–Crippen MR) is 68.4 cm³/mol. The lowest BCUT2D eigenvalue weighted by Gasteiger charge is -2.17. The van der Waals surface area contributed by atoms with E-state index in [-0.39, 0.29) is 10.7 Å². The average Bonchev–Trinajstić information content (AvgIpc) is 2.41. The molecule has 92 valence electrons. The topological polar surface area (TPSA) is 33.2 Å². The molecule has 0 aliphatic heterocycles. The number of halogens is 2. The first kappa shape index (κ1) is 12.5. The second-order valence-electron chi connectivity index (χ2n) is 3.66. The lowest BCUT2D eigenvalue weighted by atomic mass is 10.2. The van der Waals surface area contributed by atoms with Gasteiger partial charge in [0.05, 0.1) is 5.56 Å². The number of hydrogen-bond acceptors (Lipinski definition) is 2. The number of carbonyl (C=O) groups excluding carboxylic acids is 1. The van der Waals surface area contributed by atoms with Crippen LogP contribution in [0.2, 0.25) is 5.15 Å². The minimum atomic E-state index is -0.799. The van der Waals surface area contributed by atoms with Crippen LogP contribution in [0.3, 0.4) is 0 Å². The standard InChI is InChI=1S/C13H10ClFN2O/c1-17(9-5-3-2-4-6-9)13(18)10-7-8-16-12(14)11(10)15/h2-8H,1H3. The average molecular weight is 265 g/mol. The summed E-state index contributed by atoms with van der Waals surface area (Å²) in [5.74, 6) is -1.27. The maximum absolute atomic E-state index is 13.7. The Morgan fingerprint density at radius 2 is 1.94 bits per heavy atom. The molecule has 3 nitrogen and oxygen atoms in total. The SMILES string of the molecule is CN(C(=O)c1ccnc(Cl)c1F)c1ccccc1. The van der Waals surface area contributed by atoms with Gasteiger partial charge in [-0.15, -0.1) is 0 Å². The first-order valence-electron chi connectivity index (χ1n) is 5.24. The van der Waals surface area contributed by atoms with Crippen LogP contribution in [0.25, 0.3) is 0 Å². The molecule has 0 radical (unpaired) electrons. The highest BCUT2D eigenvalue weighted by Crippen LogP contribution is 2.19. The Bertz CT molecular complexity index is 574. The monoisotopic (exact) mass is 264 g/mol. The molecule has 0 saturated carbocycles. The van der Waals surface area contributed by atoms with Crippen molar-refractivity contribution in [2.75, 3.05) is 11.9 Å². The van der Waals surface area contributed by atoms with Crippen molar-refractivity contribution in [2.45, 2.75) is 0 Å². The maximum Gasteiger partial charge on any atom is 0.261 e. The van der Waals surface area contributed by atoms with Gasteiger partial charge in [-0.2, -0.15) is 0 Å². The summed E-state index contributed by atoms with van der Waals surface area (Å²) in [4.78, 5) is 17.0. The van der Waals surface area contributed by atoms with Gasteiger partial charge in [0, 0.05) is 18.9 Å². The highest BCUT2D eigenvalue weighted by molar-refractivity contribution is 6.30. The molecule has 2 aromatic rings. The Morgan fingerprint density at radius 1 is 1.28 bits per heavy atom. The fourth-order valence-corrected chi connectivity index (χ4v) is 1.69. The number of aromatic nitrogens is 1. The van der Waals surface area contributed by atoms with Crippen molar-refractivity contribution in [1.82, 2.24) is 4.98 Å². The number of carbonyl (C=O) groups is 1. The van der Waals surface area contributed by atoms with Crippen molar-refractivity contribution >= 4 is 23.2 Å². The lowest BCUT2D eigenvalue weighted by molar-refractivity contribution is 0.0989. The third-order valence-electron chi connectivity index (χ3n) is 2.53. The first-order valence-corrected chi connectivity index (χ1v) is 5.62. The summed E-state index contributed by atoms with van der Waals surface area (Å²) in [5, 5.41) is -0.303. The maximum atomic E-state index is 13.7. The molecule has 18 heavy (non-hydrogen) atoms. The third-order valence-corrected chi connectivity index (χ3v) is 2.79. The van der Waals surface area contributed by atoms with E-state index in [4.69, 9.17) is 11.6 Å². The smallest absolute Gasteiger partial charge is 0.261 e. The third kappa shape index (κ3) is 2.33. The highest BCUT2D eigenvalue weighted by Gasteiger charge is 2.19. The number of pyridine rings is 1. The molecule has 0 aliphatic rings. The molecule has 0 fully saturated rings. The zero-order chi connectivity index (χ0) is 13.1. The molecule has 0 unspecified atom stereocenters. The molecule has 0 spiro atoms. The summed E-state index contributed by atoms with van der Waals surface area (Å²) in [7, 11) is 1.57. The molecular formula is C13H10ClFN2O. The molecule has 1 heterocycles. The predicted octanol–water partition coefficient (Wildman–Crippen LogP) is 3.15. The van der Waals surface area contributed by atoms with Gasteiger partial charge < -0.3 is 4.90 Å². The fourth-order valence-electron chi connectivity index (χ4n) is 1.53. The van der Waals surface area contributed by atoms with E-state index in [1.807, 2.05) is 6.07 Å². The van der Waals surface area contributed by atoms with Crippen molar-refractivity contribution in [3.63, 3.8) is 0 Å². The second-order valence-corrected chi connectivity index (χ2v) is 4.02. The van der Waals surface area contributed by atoms with E-state index in [0.29, 0.717) is 5.69 Å². The van der Waals surface area contributed by atoms with Crippen LogP contribution in [0.1, 0.15) is 10.4 Å². The Labute approximate surface area is 109 Å². The van der Waals surface area contributed by atoms with Gasteiger partial charge in [-0.3, -0.25) is 4.79 Å². The molecular weight excluding hydrogens is 255 g/mol. The molecule has 0 aliphatic carbocycles. The fraction of sp³-hybridized carbons (Fsp3) is 0.0769. The number of para-hydroxylation sites is 1. The van der Waals surface area contributed by atoms with Gasteiger partial charge in [0.25, 0.3) is 5.91 Å². The zero-order valence-corrected chi connectivity index (χ0v) is 10.4. The van der Waals surface area contributed by atoms with E-state index in [2.05, 4.69) is 4.98 Å². The molecule has 1 amide bonds. The van der Waals surface area contributed by atoms with Gasteiger partial charge in [0.2, 0.25) is 0 Å². The second kappa shape index (κ2) is 5.14. The lowest BCUT2D eigenvalue weighted by Crippen LogP contribution is -2.27. The minimum Gasteiger partial charge on any atom is -0.311 e. The van der Waals surface area contributed by atoms with E-state index in [9.17, 15) is 9.18 Å². The van der Waals surface area contributed by atoms with Crippen LogP contribution in [-0.2, 0) is 0 Å². The summed E-state index contributed by atoms with van der Waals surface area (Å²) in [6.07, 6.45) is 1.30. The van der Waals surface area contributed by atoms with Gasteiger partial charge in [-0.1, -0.05) is 29.8 Å². The normalized spacial score (nSPS) is 10.2. The largest absolute Gasteiger partial charge is 0.311 e. The molecule has 2 rings (SSSR count). The van der Waals surface area contributed by atoms with Crippen LogP contribution in [-0.4, -0.2) is 17.9 Å². The number of hydrogen-bond donors (Lipinski definition) is 0. The Morgan fingerprint density at radius 3 is 2.61 bits per heavy atom.